The molecule has 0 aliphatic heterocycles. The van der Waals surface area contributed by atoms with Crippen molar-refractivity contribution in [2.45, 2.75) is 348 Å². The van der Waals surface area contributed by atoms with Crippen molar-refractivity contribution in [1.82, 2.24) is 0 Å². The first-order valence-corrected chi connectivity index (χ1v) is 34.7. The van der Waals surface area contributed by atoms with Crippen molar-refractivity contribution in [3.63, 3.8) is 0 Å². The third-order valence-electron chi connectivity index (χ3n) is 15.1. The van der Waals surface area contributed by atoms with Crippen molar-refractivity contribution in [2.75, 3.05) is 13.2 Å². The minimum Gasteiger partial charge on any atom is -0.462 e. The number of unbranched alkanes of at least 4 members (excludes halogenated alkanes) is 36. The molecule has 0 aromatic heterocycles. The van der Waals surface area contributed by atoms with E-state index in [1.165, 1.54) is 186 Å². The second kappa shape index (κ2) is 68.8. The molecule has 1 unspecified atom stereocenters. The summed E-state index contributed by atoms with van der Waals surface area (Å²) in [5.74, 6) is -0.884. The van der Waals surface area contributed by atoms with Gasteiger partial charge in [-0.1, -0.05) is 317 Å². The van der Waals surface area contributed by atoms with Crippen LogP contribution in [0.25, 0.3) is 0 Å². The molecule has 0 aromatic rings. The number of hydrogen-bond donors (Lipinski definition) is 0. The van der Waals surface area contributed by atoms with Crippen molar-refractivity contribution < 1.29 is 28.6 Å². The normalized spacial score (nSPS) is 12.7. The summed E-state index contributed by atoms with van der Waals surface area (Å²) < 4.78 is 16.8. The first-order valence-electron chi connectivity index (χ1n) is 34.7. The summed E-state index contributed by atoms with van der Waals surface area (Å²) in [5.41, 5.74) is 0. The zero-order valence-electron chi connectivity index (χ0n) is 53.5. The highest BCUT2D eigenvalue weighted by molar-refractivity contribution is 5.71. The summed E-state index contributed by atoms with van der Waals surface area (Å²) in [4.78, 5) is 38.0. The van der Waals surface area contributed by atoms with E-state index in [1.54, 1.807) is 0 Å². The van der Waals surface area contributed by atoms with Gasteiger partial charge in [0, 0.05) is 19.3 Å². The molecule has 0 radical (unpaired) electrons. The minimum absolute atomic E-state index is 0.0767. The van der Waals surface area contributed by atoms with Gasteiger partial charge in [-0.25, -0.2) is 0 Å². The van der Waals surface area contributed by atoms with Crippen LogP contribution in [0, 0.1) is 0 Å². The minimum atomic E-state index is -0.777. The Kier molecular flexibility index (Phi) is 65.7. The standard InChI is InChI=1S/C75H130O6/c1-4-7-10-13-15-17-19-21-23-25-27-29-31-32-33-34-35-36-37-38-39-40-41-42-44-45-47-49-51-53-55-57-59-62-65-68-74(77)80-71-72(70-79-73(76)67-64-61-12-9-6-3)81-75(78)69-66-63-60-58-56-54-52-50-48-46-43-30-28-26-24-22-20-18-16-14-11-8-5-2/h7,10,15,17,20-23,26-29,32-33,43,46,72H,4-6,8-9,11-14,16,18-19,24-25,30-31,34-42,44-45,47-71H2,1-3H3/b10-7-,17-15-,22-20-,23-21-,28-26-,29-27-,33-32-,46-43-. The van der Waals surface area contributed by atoms with Gasteiger partial charge in [0.05, 0.1) is 0 Å². The number of ether oxygens (including phenoxy) is 3. The molecule has 0 aliphatic carbocycles. The zero-order chi connectivity index (χ0) is 58.5. The van der Waals surface area contributed by atoms with Gasteiger partial charge in [0.2, 0.25) is 0 Å². The quantitative estimate of drug-likeness (QED) is 0.0261. The van der Waals surface area contributed by atoms with E-state index in [1.807, 2.05) is 0 Å². The van der Waals surface area contributed by atoms with E-state index in [4.69, 9.17) is 14.2 Å². The number of esters is 3. The number of hydrogen-bond acceptors (Lipinski definition) is 6. The number of allylic oxidation sites excluding steroid dienone is 16. The van der Waals surface area contributed by atoms with E-state index in [0.29, 0.717) is 19.3 Å². The lowest BCUT2D eigenvalue weighted by atomic mass is 10.0. The van der Waals surface area contributed by atoms with Gasteiger partial charge in [-0.3, -0.25) is 14.4 Å². The van der Waals surface area contributed by atoms with Gasteiger partial charge in [0.1, 0.15) is 13.2 Å². The summed E-state index contributed by atoms with van der Waals surface area (Å²) >= 11 is 0. The Hall–Kier alpha value is -3.67. The zero-order valence-corrected chi connectivity index (χ0v) is 53.5. The maximum absolute atomic E-state index is 12.8. The maximum atomic E-state index is 12.8. The molecule has 0 N–H and O–H groups in total. The Morgan fingerprint density at radius 2 is 0.481 bits per heavy atom. The molecular formula is C75H130O6. The van der Waals surface area contributed by atoms with Crippen LogP contribution in [-0.2, 0) is 28.6 Å². The van der Waals surface area contributed by atoms with Crippen molar-refractivity contribution >= 4 is 17.9 Å². The highest BCUT2D eigenvalue weighted by atomic mass is 16.6. The van der Waals surface area contributed by atoms with Gasteiger partial charge in [-0.05, 0) is 103 Å². The maximum Gasteiger partial charge on any atom is 0.306 e. The van der Waals surface area contributed by atoms with Crippen LogP contribution in [0.2, 0.25) is 0 Å². The first-order chi connectivity index (χ1) is 40.0. The molecule has 0 rings (SSSR count). The SMILES string of the molecule is CC/C=C\C/C=C\C/C=C\C/C=C\C/C=C\CCCCCCCCCCCCCCCCCCCCCC(=O)OCC(COC(=O)CCCCCCC)OC(=O)CCCCCCCCCC/C=C\C/C=C\C/C=C\CCCCCCC. The van der Waals surface area contributed by atoms with Gasteiger partial charge in [-0.2, -0.15) is 0 Å². The molecular weight excluding hydrogens is 997 g/mol. The Balaban J connectivity index is 3.95. The van der Waals surface area contributed by atoms with Crippen LogP contribution in [0.4, 0.5) is 0 Å². The molecule has 0 heterocycles. The molecule has 6 nitrogen and oxygen atoms in total. The number of carbonyl (C=O) groups excluding carboxylic acids is 3. The average molecular weight is 1130 g/mol. The lowest BCUT2D eigenvalue weighted by molar-refractivity contribution is -0.167. The van der Waals surface area contributed by atoms with Crippen LogP contribution >= 0.6 is 0 Å². The van der Waals surface area contributed by atoms with Crippen LogP contribution in [0.3, 0.4) is 0 Å². The second-order valence-corrected chi connectivity index (χ2v) is 23.1. The fraction of sp³-hybridized carbons (Fsp3) is 0.747. The highest BCUT2D eigenvalue weighted by Gasteiger charge is 2.19. The molecule has 0 amide bonds. The molecule has 0 bridgehead atoms. The lowest BCUT2D eigenvalue weighted by Crippen LogP contribution is -2.30. The molecule has 0 spiro atoms. The van der Waals surface area contributed by atoms with Crippen molar-refractivity contribution in [3.05, 3.63) is 97.2 Å². The summed E-state index contributed by atoms with van der Waals surface area (Å²) in [6.45, 7) is 6.46. The Bertz CT molecular complexity index is 1580. The molecule has 0 aromatic carbocycles. The van der Waals surface area contributed by atoms with Gasteiger partial charge >= 0.3 is 17.9 Å². The summed E-state index contributed by atoms with van der Waals surface area (Å²) in [6.07, 6.45) is 93.5. The van der Waals surface area contributed by atoms with Crippen molar-refractivity contribution in [1.29, 1.82) is 0 Å². The number of carbonyl (C=O) groups is 3. The van der Waals surface area contributed by atoms with Crippen LogP contribution in [0.1, 0.15) is 342 Å². The Labute approximate surface area is 502 Å². The fourth-order valence-electron chi connectivity index (χ4n) is 9.89. The third kappa shape index (κ3) is 67.0. The van der Waals surface area contributed by atoms with Crippen LogP contribution in [-0.4, -0.2) is 37.2 Å². The predicted molar refractivity (Wildman–Crippen MR) is 353 cm³/mol. The fourth-order valence-corrected chi connectivity index (χ4v) is 9.89. The van der Waals surface area contributed by atoms with Gasteiger partial charge in [-0.15, -0.1) is 0 Å². The van der Waals surface area contributed by atoms with Crippen LogP contribution < -0.4 is 0 Å². The van der Waals surface area contributed by atoms with Crippen LogP contribution in [0.5, 0.6) is 0 Å². The monoisotopic (exact) mass is 1130 g/mol. The van der Waals surface area contributed by atoms with E-state index in [0.717, 1.165) is 116 Å². The van der Waals surface area contributed by atoms with E-state index in [-0.39, 0.29) is 31.1 Å². The van der Waals surface area contributed by atoms with Gasteiger partial charge in [0.15, 0.2) is 6.10 Å². The summed E-state index contributed by atoms with van der Waals surface area (Å²) in [5, 5.41) is 0. The molecule has 0 fully saturated rings. The molecule has 466 valence electrons. The van der Waals surface area contributed by atoms with E-state index >= 15 is 0 Å². The largest absolute Gasteiger partial charge is 0.462 e. The van der Waals surface area contributed by atoms with E-state index in [2.05, 4.69) is 118 Å². The second-order valence-electron chi connectivity index (χ2n) is 23.1. The summed E-state index contributed by atoms with van der Waals surface area (Å²) in [7, 11) is 0. The van der Waals surface area contributed by atoms with Crippen molar-refractivity contribution in [3.8, 4) is 0 Å². The van der Waals surface area contributed by atoms with E-state index in [9.17, 15) is 14.4 Å². The Morgan fingerprint density at radius 1 is 0.259 bits per heavy atom. The van der Waals surface area contributed by atoms with Gasteiger partial charge < -0.3 is 14.2 Å². The molecule has 1 atom stereocenters. The molecule has 0 saturated heterocycles. The average Bonchev–Trinajstić information content (AvgIpc) is 3.47. The first kappa shape index (κ1) is 77.3. The molecule has 81 heavy (non-hydrogen) atoms. The topological polar surface area (TPSA) is 78.9 Å². The lowest BCUT2D eigenvalue weighted by Gasteiger charge is -2.18. The smallest absolute Gasteiger partial charge is 0.306 e. The Morgan fingerprint density at radius 3 is 0.753 bits per heavy atom. The molecule has 6 heteroatoms. The predicted octanol–water partition coefficient (Wildman–Crippen LogP) is 24.0. The molecule has 0 aliphatic rings. The number of rotatable bonds is 63. The highest BCUT2D eigenvalue weighted by Crippen LogP contribution is 2.17. The molecule has 0 saturated carbocycles. The third-order valence-corrected chi connectivity index (χ3v) is 15.1. The van der Waals surface area contributed by atoms with Gasteiger partial charge in [0.25, 0.3) is 0 Å². The van der Waals surface area contributed by atoms with Crippen LogP contribution in [0.15, 0.2) is 97.2 Å². The van der Waals surface area contributed by atoms with E-state index < -0.39 is 6.10 Å². The summed E-state index contributed by atoms with van der Waals surface area (Å²) in [6, 6.07) is 0. The van der Waals surface area contributed by atoms with Crippen molar-refractivity contribution in [2.24, 2.45) is 0 Å².